The van der Waals surface area contributed by atoms with E-state index >= 15 is 0 Å². The summed E-state index contributed by atoms with van der Waals surface area (Å²) in [7, 11) is 0. The lowest BCUT2D eigenvalue weighted by atomic mass is 10.2. The van der Waals surface area contributed by atoms with E-state index in [0.717, 1.165) is 13.0 Å². The van der Waals surface area contributed by atoms with Gasteiger partial charge in [-0.25, -0.2) is 0 Å². The summed E-state index contributed by atoms with van der Waals surface area (Å²) in [6, 6.07) is 6.69. The largest absolute Gasteiger partial charge is 0.313 e. The van der Waals surface area contributed by atoms with Crippen LogP contribution in [0.2, 0.25) is 0 Å². The first-order valence-electron chi connectivity index (χ1n) is 6.70. The summed E-state index contributed by atoms with van der Waals surface area (Å²) in [5.41, 5.74) is 1.17. The van der Waals surface area contributed by atoms with Crippen LogP contribution in [0.1, 0.15) is 25.5 Å². The topological polar surface area (TPSA) is 28.2 Å². The Kier molecular flexibility index (Phi) is 4.95. The van der Waals surface area contributed by atoms with Crippen LogP contribution in [0.25, 0.3) is 0 Å². The van der Waals surface area contributed by atoms with Crippen molar-refractivity contribution in [2.75, 3.05) is 26.2 Å². The third kappa shape index (κ3) is 4.44. The summed E-state index contributed by atoms with van der Waals surface area (Å²) in [6.45, 7) is 7.05. The second-order valence-electron chi connectivity index (χ2n) is 4.93. The lowest BCUT2D eigenvalue weighted by Gasteiger charge is -2.21. The quantitative estimate of drug-likeness (QED) is 0.810. The van der Waals surface area contributed by atoms with Crippen molar-refractivity contribution in [3.8, 4) is 0 Å². The second kappa shape index (κ2) is 6.72. The molecule has 1 aliphatic heterocycles. The zero-order chi connectivity index (χ0) is 11.9. The normalized spacial score (nSPS) is 18.4. The van der Waals surface area contributed by atoms with Crippen LogP contribution >= 0.6 is 0 Å². The highest BCUT2D eigenvalue weighted by molar-refractivity contribution is 5.03. The van der Waals surface area contributed by atoms with Crippen LogP contribution in [0.4, 0.5) is 0 Å². The van der Waals surface area contributed by atoms with E-state index in [1.165, 1.54) is 38.2 Å². The van der Waals surface area contributed by atoms with Gasteiger partial charge in [-0.1, -0.05) is 6.07 Å². The molecule has 1 atom stereocenters. The first kappa shape index (κ1) is 12.5. The van der Waals surface area contributed by atoms with E-state index in [9.17, 15) is 0 Å². The van der Waals surface area contributed by atoms with Gasteiger partial charge in [-0.15, -0.1) is 0 Å². The Morgan fingerprint density at radius 2 is 2.18 bits per heavy atom. The number of hydrogen-bond acceptors (Lipinski definition) is 3. The maximum Gasteiger partial charge on any atom is 0.0416 e. The molecule has 17 heavy (non-hydrogen) atoms. The maximum absolute atomic E-state index is 4.33. The molecular formula is C14H23N3. The van der Waals surface area contributed by atoms with Crippen LogP contribution in [0.15, 0.2) is 24.4 Å². The summed E-state index contributed by atoms with van der Waals surface area (Å²) in [6.07, 6.45) is 5.63. The minimum Gasteiger partial charge on any atom is -0.313 e. The molecule has 0 aromatic carbocycles. The third-order valence-corrected chi connectivity index (χ3v) is 3.33. The highest BCUT2D eigenvalue weighted by Crippen LogP contribution is 2.07. The molecule has 1 aromatic heterocycles. The minimum absolute atomic E-state index is 0.580. The lowest BCUT2D eigenvalue weighted by Crippen LogP contribution is -2.38. The summed E-state index contributed by atoms with van der Waals surface area (Å²) in [5.74, 6) is 0. The summed E-state index contributed by atoms with van der Waals surface area (Å²) < 4.78 is 0. The fourth-order valence-electron chi connectivity index (χ4n) is 2.41. The van der Waals surface area contributed by atoms with Crippen molar-refractivity contribution >= 4 is 0 Å². The fourth-order valence-corrected chi connectivity index (χ4v) is 2.41. The van der Waals surface area contributed by atoms with Crippen LogP contribution in [0.5, 0.6) is 0 Å². The van der Waals surface area contributed by atoms with Gasteiger partial charge in [0.1, 0.15) is 0 Å². The Morgan fingerprint density at radius 1 is 1.35 bits per heavy atom. The van der Waals surface area contributed by atoms with E-state index in [2.05, 4.69) is 34.3 Å². The molecule has 1 aliphatic rings. The van der Waals surface area contributed by atoms with E-state index < -0.39 is 0 Å². The van der Waals surface area contributed by atoms with Gasteiger partial charge in [-0.2, -0.15) is 0 Å². The van der Waals surface area contributed by atoms with Crippen molar-refractivity contribution in [3.05, 3.63) is 30.1 Å². The predicted octanol–water partition coefficient (Wildman–Crippen LogP) is 1.70. The molecule has 1 saturated heterocycles. The van der Waals surface area contributed by atoms with E-state index in [-0.39, 0.29) is 0 Å². The molecule has 0 bridgehead atoms. The summed E-state index contributed by atoms with van der Waals surface area (Å²) >= 11 is 0. The lowest BCUT2D eigenvalue weighted by molar-refractivity contribution is 0.299. The molecule has 0 radical (unpaired) electrons. The van der Waals surface area contributed by atoms with Crippen molar-refractivity contribution in [3.63, 3.8) is 0 Å². The zero-order valence-electron chi connectivity index (χ0n) is 10.7. The summed E-state index contributed by atoms with van der Waals surface area (Å²) in [5, 5.41) is 3.58. The molecule has 1 N–H and O–H groups in total. The molecule has 2 heterocycles. The van der Waals surface area contributed by atoms with Gasteiger partial charge in [0, 0.05) is 37.4 Å². The van der Waals surface area contributed by atoms with Gasteiger partial charge in [-0.3, -0.25) is 4.98 Å². The molecule has 1 aromatic rings. The molecule has 1 unspecified atom stereocenters. The standard InChI is InChI=1S/C14H23N3/c1-13(12-17-10-4-5-11-17)15-9-7-14-6-2-3-8-16-14/h2-3,6,8,13,15H,4-5,7,9-12H2,1H3. The Morgan fingerprint density at radius 3 is 2.88 bits per heavy atom. The number of nitrogens with zero attached hydrogens (tertiary/aromatic N) is 2. The number of likely N-dealkylation sites (tertiary alicyclic amines) is 1. The average molecular weight is 233 g/mol. The van der Waals surface area contributed by atoms with Gasteiger partial charge in [0.25, 0.3) is 0 Å². The van der Waals surface area contributed by atoms with Gasteiger partial charge < -0.3 is 10.2 Å². The number of nitrogens with one attached hydrogen (secondary N) is 1. The third-order valence-electron chi connectivity index (χ3n) is 3.33. The van der Waals surface area contributed by atoms with Crippen molar-refractivity contribution in [2.45, 2.75) is 32.2 Å². The maximum atomic E-state index is 4.33. The van der Waals surface area contributed by atoms with Crippen LogP contribution in [0, 0.1) is 0 Å². The highest BCUT2D eigenvalue weighted by atomic mass is 15.2. The van der Waals surface area contributed by atoms with Crippen LogP contribution in [0.3, 0.4) is 0 Å². The molecule has 2 rings (SSSR count). The van der Waals surface area contributed by atoms with E-state index in [1.807, 2.05) is 12.3 Å². The Balaban J connectivity index is 1.61. The Hall–Kier alpha value is -0.930. The van der Waals surface area contributed by atoms with E-state index in [0.29, 0.717) is 6.04 Å². The molecule has 3 nitrogen and oxygen atoms in total. The Bertz CT molecular complexity index is 307. The van der Waals surface area contributed by atoms with Crippen molar-refractivity contribution in [1.82, 2.24) is 15.2 Å². The zero-order valence-corrected chi connectivity index (χ0v) is 10.7. The van der Waals surface area contributed by atoms with Crippen molar-refractivity contribution in [2.24, 2.45) is 0 Å². The fraction of sp³-hybridized carbons (Fsp3) is 0.643. The highest BCUT2D eigenvalue weighted by Gasteiger charge is 2.13. The summed E-state index contributed by atoms with van der Waals surface area (Å²) in [4.78, 5) is 6.88. The monoisotopic (exact) mass is 233 g/mol. The van der Waals surface area contributed by atoms with Crippen LogP contribution < -0.4 is 5.32 Å². The van der Waals surface area contributed by atoms with Gasteiger partial charge in [0.2, 0.25) is 0 Å². The number of rotatable bonds is 6. The molecule has 0 spiro atoms. The average Bonchev–Trinajstić information content (AvgIpc) is 2.83. The Labute approximate surface area is 104 Å². The van der Waals surface area contributed by atoms with Crippen LogP contribution in [-0.2, 0) is 6.42 Å². The number of hydrogen-bond donors (Lipinski definition) is 1. The molecule has 1 fully saturated rings. The van der Waals surface area contributed by atoms with E-state index in [1.54, 1.807) is 0 Å². The SMILES string of the molecule is CC(CN1CCCC1)NCCc1ccccn1. The molecule has 0 amide bonds. The second-order valence-corrected chi connectivity index (χ2v) is 4.93. The molecule has 3 heteroatoms. The first-order chi connectivity index (χ1) is 8.34. The molecule has 94 valence electrons. The van der Waals surface area contributed by atoms with Crippen LogP contribution in [-0.4, -0.2) is 42.1 Å². The number of aromatic nitrogens is 1. The van der Waals surface area contributed by atoms with E-state index in [4.69, 9.17) is 0 Å². The van der Waals surface area contributed by atoms with Crippen molar-refractivity contribution in [1.29, 1.82) is 0 Å². The van der Waals surface area contributed by atoms with Gasteiger partial charge in [0.05, 0.1) is 0 Å². The molecule has 0 saturated carbocycles. The molecule has 0 aliphatic carbocycles. The van der Waals surface area contributed by atoms with Gasteiger partial charge >= 0.3 is 0 Å². The van der Waals surface area contributed by atoms with Crippen molar-refractivity contribution < 1.29 is 0 Å². The smallest absolute Gasteiger partial charge is 0.0416 e. The minimum atomic E-state index is 0.580. The first-order valence-corrected chi connectivity index (χ1v) is 6.70. The molecular weight excluding hydrogens is 210 g/mol. The predicted molar refractivity (Wildman–Crippen MR) is 71.1 cm³/mol. The van der Waals surface area contributed by atoms with Gasteiger partial charge in [-0.05, 0) is 45.0 Å². The number of pyridine rings is 1. The van der Waals surface area contributed by atoms with Gasteiger partial charge in [0.15, 0.2) is 0 Å².